The number of nitrogens with one attached hydrogen (secondary N) is 2. The number of hydrogen-bond donors (Lipinski definition) is 2. The molecule has 0 aliphatic rings. The van der Waals surface area contributed by atoms with Crippen LogP contribution in [0.2, 0.25) is 5.82 Å². The molecule has 0 bridgehead atoms. The van der Waals surface area contributed by atoms with Crippen molar-refractivity contribution in [3.63, 3.8) is 0 Å². The molecule has 1 aromatic heterocycles. The van der Waals surface area contributed by atoms with E-state index in [0.717, 1.165) is 5.32 Å². The summed E-state index contributed by atoms with van der Waals surface area (Å²) in [5.41, 5.74) is -0.0491. The van der Waals surface area contributed by atoms with E-state index in [9.17, 15) is 9.59 Å². The standard InChI is InChI=1S/C6H8N2O2Se/c1-11-3-4-2-7-6(10)8-5(4)9/h2H,3H2,1H3,(H2,7,8,9,10). The Morgan fingerprint density at radius 2 is 2.27 bits per heavy atom. The molecule has 1 heterocycles. The number of H-pyrrole nitrogens is 2. The molecule has 0 saturated carbocycles. The van der Waals surface area contributed by atoms with E-state index in [4.69, 9.17) is 0 Å². The van der Waals surface area contributed by atoms with Gasteiger partial charge in [-0.1, -0.05) is 0 Å². The van der Waals surface area contributed by atoms with Gasteiger partial charge < -0.3 is 0 Å². The van der Waals surface area contributed by atoms with Crippen LogP contribution in [0.4, 0.5) is 0 Å². The van der Waals surface area contributed by atoms with E-state index < -0.39 is 5.69 Å². The summed E-state index contributed by atoms with van der Waals surface area (Å²) in [7, 11) is 0. The third kappa shape index (κ3) is 2.06. The molecule has 0 radical (unpaired) electrons. The summed E-state index contributed by atoms with van der Waals surface area (Å²) >= 11 is 0.422. The van der Waals surface area contributed by atoms with E-state index in [-0.39, 0.29) is 5.56 Å². The fourth-order valence-corrected chi connectivity index (χ4v) is 1.80. The Kier molecular flexibility index (Phi) is 2.68. The molecule has 5 heteroatoms. The molecular formula is C6H8N2O2Se. The molecule has 0 aliphatic carbocycles. The summed E-state index contributed by atoms with van der Waals surface area (Å²) in [6, 6.07) is 0. The Balaban J connectivity index is 3.10. The first-order chi connectivity index (χ1) is 5.24. The van der Waals surface area contributed by atoms with Crippen molar-refractivity contribution in [2.24, 2.45) is 0 Å². The molecule has 2 N–H and O–H groups in total. The summed E-state index contributed by atoms with van der Waals surface area (Å²) < 4.78 is 0. The first kappa shape index (κ1) is 8.30. The zero-order valence-electron chi connectivity index (χ0n) is 6.01. The Labute approximate surface area is 69.2 Å². The Morgan fingerprint density at radius 3 is 2.82 bits per heavy atom. The SMILES string of the molecule is C[Se]Cc1c[nH]c(=O)[nH]c1=O. The van der Waals surface area contributed by atoms with Crippen LogP contribution in [0.25, 0.3) is 0 Å². The summed E-state index contributed by atoms with van der Waals surface area (Å²) in [6.45, 7) is 0. The zero-order chi connectivity index (χ0) is 8.27. The molecule has 1 aromatic rings. The molecule has 0 atom stereocenters. The van der Waals surface area contributed by atoms with Gasteiger partial charge in [0, 0.05) is 0 Å². The minimum absolute atomic E-state index is 0.266. The minimum atomic E-state index is -0.442. The predicted octanol–water partition coefficient (Wildman–Crippen LogP) is -0.685. The molecule has 0 aromatic carbocycles. The molecule has 60 valence electrons. The predicted molar refractivity (Wildman–Crippen MR) is 43.0 cm³/mol. The first-order valence-electron chi connectivity index (χ1n) is 3.04. The van der Waals surface area contributed by atoms with Gasteiger partial charge in [0.05, 0.1) is 0 Å². The number of aromatic amines is 2. The van der Waals surface area contributed by atoms with Gasteiger partial charge in [-0.2, -0.15) is 0 Å². The van der Waals surface area contributed by atoms with E-state index in [2.05, 4.69) is 9.97 Å². The second-order valence-corrected chi connectivity index (χ2v) is 3.85. The van der Waals surface area contributed by atoms with Crippen LogP contribution < -0.4 is 11.2 Å². The quantitative estimate of drug-likeness (QED) is 0.647. The van der Waals surface area contributed by atoms with Crippen LogP contribution in [0.15, 0.2) is 15.8 Å². The van der Waals surface area contributed by atoms with Gasteiger partial charge in [0.1, 0.15) is 0 Å². The summed E-state index contributed by atoms with van der Waals surface area (Å²) in [5.74, 6) is 2.04. The van der Waals surface area contributed by atoms with Crippen molar-refractivity contribution in [1.82, 2.24) is 9.97 Å². The van der Waals surface area contributed by atoms with Gasteiger partial charge in [-0.15, -0.1) is 0 Å². The zero-order valence-corrected chi connectivity index (χ0v) is 7.72. The first-order valence-corrected chi connectivity index (χ1v) is 5.96. The van der Waals surface area contributed by atoms with Crippen LogP contribution in [-0.4, -0.2) is 24.9 Å². The van der Waals surface area contributed by atoms with Crippen molar-refractivity contribution in [3.05, 3.63) is 32.6 Å². The fourth-order valence-electron chi connectivity index (χ4n) is 0.700. The molecule has 0 unspecified atom stereocenters. The van der Waals surface area contributed by atoms with Crippen LogP contribution in [0.1, 0.15) is 5.56 Å². The topological polar surface area (TPSA) is 65.7 Å². The van der Waals surface area contributed by atoms with Crippen LogP contribution >= 0.6 is 0 Å². The van der Waals surface area contributed by atoms with Crippen molar-refractivity contribution in [3.8, 4) is 0 Å². The molecule has 4 nitrogen and oxygen atoms in total. The van der Waals surface area contributed by atoms with Crippen molar-refractivity contribution < 1.29 is 0 Å². The van der Waals surface area contributed by atoms with Crippen molar-refractivity contribution in [1.29, 1.82) is 0 Å². The van der Waals surface area contributed by atoms with Gasteiger partial charge >= 0.3 is 68.7 Å². The summed E-state index contributed by atoms with van der Waals surface area (Å²) in [5, 5.41) is 0.763. The molecule has 0 saturated heterocycles. The van der Waals surface area contributed by atoms with E-state index in [1.54, 1.807) is 0 Å². The maximum atomic E-state index is 11.0. The van der Waals surface area contributed by atoms with Crippen molar-refractivity contribution in [2.45, 2.75) is 11.1 Å². The maximum absolute atomic E-state index is 11.0. The average molecular weight is 219 g/mol. The second-order valence-electron chi connectivity index (χ2n) is 2.03. The molecular weight excluding hydrogens is 211 g/mol. The molecule has 0 fully saturated rings. The molecule has 1 rings (SSSR count). The van der Waals surface area contributed by atoms with Gasteiger partial charge in [-0.25, -0.2) is 0 Å². The normalized spacial score (nSPS) is 9.91. The van der Waals surface area contributed by atoms with Gasteiger partial charge in [-0.3, -0.25) is 0 Å². The van der Waals surface area contributed by atoms with Crippen LogP contribution in [-0.2, 0) is 5.32 Å². The molecule has 0 amide bonds. The van der Waals surface area contributed by atoms with Gasteiger partial charge in [0.15, 0.2) is 0 Å². The van der Waals surface area contributed by atoms with Crippen molar-refractivity contribution >= 4 is 15.0 Å². The monoisotopic (exact) mass is 220 g/mol. The molecule has 0 aliphatic heterocycles. The Bertz CT molecular complexity index is 341. The Morgan fingerprint density at radius 1 is 1.55 bits per heavy atom. The van der Waals surface area contributed by atoms with Gasteiger partial charge in [0.2, 0.25) is 0 Å². The average Bonchev–Trinajstić information content (AvgIpc) is 1.95. The van der Waals surface area contributed by atoms with E-state index in [1.165, 1.54) is 6.20 Å². The number of hydrogen-bond acceptors (Lipinski definition) is 2. The molecule has 0 spiro atoms. The second kappa shape index (κ2) is 3.55. The van der Waals surface area contributed by atoms with Crippen LogP contribution in [0, 0.1) is 0 Å². The van der Waals surface area contributed by atoms with Gasteiger partial charge in [-0.05, 0) is 0 Å². The molecule has 11 heavy (non-hydrogen) atoms. The van der Waals surface area contributed by atoms with Crippen LogP contribution in [0.5, 0.6) is 0 Å². The third-order valence-corrected chi connectivity index (χ3v) is 2.45. The van der Waals surface area contributed by atoms with E-state index >= 15 is 0 Å². The number of rotatable bonds is 2. The third-order valence-electron chi connectivity index (χ3n) is 1.20. The Hall–Kier alpha value is -0.801. The van der Waals surface area contributed by atoms with Crippen LogP contribution in [0.3, 0.4) is 0 Å². The van der Waals surface area contributed by atoms with E-state index in [0.29, 0.717) is 20.5 Å². The fraction of sp³-hybridized carbons (Fsp3) is 0.333. The van der Waals surface area contributed by atoms with Gasteiger partial charge in [0.25, 0.3) is 0 Å². The number of aromatic nitrogens is 2. The summed E-state index contributed by atoms with van der Waals surface area (Å²) in [6.07, 6.45) is 1.48. The van der Waals surface area contributed by atoms with E-state index in [1.807, 2.05) is 5.82 Å². The summed E-state index contributed by atoms with van der Waals surface area (Å²) in [4.78, 5) is 26.1. The van der Waals surface area contributed by atoms with Crippen molar-refractivity contribution in [2.75, 3.05) is 0 Å².